The first kappa shape index (κ1) is 25.5. The van der Waals surface area contributed by atoms with Crippen LogP contribution in [0.25, 0.3) is 33.2 Å². The normalized spacial score (nSPS) is 12.7. The first-order chi connectivity index (χ1) is 17.7. The topological polar surface area (TPSA) is 153 Å². The Morgan fingerprint density at radius 3 is 1.65 bits per heavy atom. The fourth-order valence-corrected chi connectivity index (χ4v) is 4.69. The van der Waals surface area contributed by atoms with Crippen molar-refractivity contribution in [1.82, 2.24) is 20.6 Å². The van der Waals surface area contributed by atoms with Crippen LogP contribution in [0.1, 0.15) is 25.0 Å². The molecule has 2 heterocycles. The van der Waals surface area contributed by atoms with Gasteiger partial charge >= 0.3 is 11.9 Å². The van der Waals surface area contributed by atoms with Crippen LogP contribution in [0.2, 0.25) is 0 Å². The highest BCUT2D eigenvalue weighted by Crippen LogP contribution is 2.36. The molecular weight excluding hydrogens is 476 g/mol. The van der Waals surface area contributed by atoms with Crippen LogP contribution in [0.5, 0.6) is 0 Å². The smallest absolute Gasteiger partial charge is 0.328 e. The lowest BCUT2D eigenvalue weighted by atomic mass is 9.96. The molecule has 0 aliphatic carbocycles. The number of esters is 1. The maximum atomic E-state index is 12.5. The number of aliphatic carboxylic acids is 1. The maximum absolute atomic E-state index is 12.5. The molecule has 0 spiro atoms. The van der Waals surface area contributed by atoms with E-state index in [0.29, 0.717) is 17.0 Å². The Bertz CT molecular complexity index is 1500. The number of amides is 2. The minimum absolute atomic E-state index is 0.0230. The molecule has 0 saturated heterocycles. The third-order valence-corrected chi connectivity index (χ3v) is 6.23. The van der Waals surface area contributed by atoms with E-state index in [4.69, 9.17) is 4.74 Å². The summed E-state index contributed by atoms with van der Waals surface area (Å²) in [5, 5.41) is 16.6. The SMILES string of the molecule is COC(=O)[C@H](Cc1c(-c2[nH]c3ccccc3c2C[C@H](NC(C)=O)C(=O)O)[nH]c2ccccc12)NC(C)=O. The number of para-hydroxylation sites is 2. The number of ether oxygens (including phenoxy) is 1. The molecule has 4 aromatic rings. The monoisotopic (exact) mass is 504 g/mol. The van der Waals surface area contributed by atoms with Crippen LogP contribution < -0.4 is 10.6 Å². The van der Waals surface area contributed by atoms with E-state index < -0.39 is 29.9 Å². The predicted octanol–water partition coefficient (Wildman–Crippen LogP) is 2.67. The average molecular weight is 505 g/mol. The third kappa shape index (κ3) is 5.32. The van der Waals surface area contributed by atoms with Gasteiger partial charge in [-0.1, -0.05) is 36.4 Å². The lowest BCUT2D eigenvalue weighted by molar-refractivity contribution is -0.144. The van der Waals surface area contributed by atoms with Gasteiger partial charge in [-0.25, -0.2) is 9.59 Å². The van der Waals surface area contributed by atoms with Crippen molar-refractivity contribution in [3.05, 3.63) is 59.7 Å². The van der Waals surface area contributed by atoms with Crippen molar-refractivity contribution in [1.29, 1.82) is 0 Å². The molecule has 2 aromatic carbocycles. The van der Waals surface area contributed by atoms with Crippen molar-refractivity contribution in [3.63, 3.8) is 0 Å². The molecular formula is C27H28N4O6. The number of nitrogens with one attached hydrogen (secondary N) is 4. The number of carbonyl (C=O) groups excluding carboxylic acids is 3. The van der Waals surface area contributed by atoms with Crippen LogP contribution in [-0.4, -0.2) is 58.0 Å². The largest absolute Gasteiger partial charge is 0.480 e. The number of carbonyl (C=O) groups is 4. The number of methoxy groups -OCH3 is 1. The molecule has 2 aromatic heterocycles. The van der Waals surface area contributed by atoms with Crippen molar-refractivity contribution in [2.75, 3.05) is 7.11 Å². The zero-order valence-corrected chi connectivity index (χ0v) is 20.7. The number of fused-ring (bicyclic) bond motifs is 2. The fraction of sp³-hybridized carbons (Fsp3) is 0.259. The van der Waals surface area contributed by atoms with E-state index in [0.717, 1.165) is 27.4 Å². The van der Waals surface area contributed by atoms with E-state index in [-0.39, 0.29) is 18.7 Å². The number of rotatable bonds is 9. The highest BCUT2D eigenvalue weighted by Gasteiger charge is 2.28. The number of aromatic nitrogens is 2. The van der Waals surface area contributed by atoms with Crippen LogP contribution in [0.3, 0.4) is 0 Å². The number of benzene rings is 2. The first-order valence-electron chi connectivity index (χ1n) is 11.7. The number of aromatic amines is 2. The molecule has 10 heteroatoms. The Labute approximate surface area is 212 Å². The highest BCUT2D eigenvalue weighted by molar-refractivity contribution is 5.97. The van der Waals surface area contributed by atoms with E-state index in [1.54, 1.807) is 0 Å². The molecule has 0 aliphatic heterocycles. The molecule has 37 heavy (non-hydrogen) atoms. The summed E-state index contributed by atoms with van der Waals surface area (Å²) in [5.41, 5.74) is 4.32. The van der Waals surface area contributed by atoms with Gasteiger partial charge in [0.25, 0.3) is 0 Å². The maximum Gasteiger partial charge on any atom is 0.328 e. The van der Waals surface area contributed by atoms with Gasteiger partial charge in [-0.3, -0.25) is 9.59 Å². The third-order valence-electron chi connectivity index (χ3n) is 6.23. The summed E-state index contributed by atoms with van der Waals surface area (Å²) in [4.78, 5) is 54.9. The van der Waals surface area contributed by atoms with Crippen molar-refractivity contribution in [2.45, 2.75) is 38.8 Å². The summed E-state index contributed by atoms with van der Waals surface area (Å²) >= 11 is 0. The van der Waals surface area contributed by atoms with Crippen molar-refractivity contribution >= 4 is 45.6 Å². The molecule has 0 radical (unpaired) electrons. The Kier molecular flexibility index (Phi) is 7.28. The molecule has 0 bridgehead atoms. The lowest BCUT2D eigenvalue weighted by Gasteiger charge is -2.17. The summed E-state index contributed by atoms with van der Waals surface area (Å²) in [6.45, 7) is 2.60. The van der Waals surface area contributed by atoms with Gasteiger partial charge in [-0.05, 0) is 23.3 Å². The van der Waals surface area contributed by atoms with Crippen LogP contribution in [0.15, 0.2) is 48.5 Å². The van der Waals surface area contributed by atoms with Gasteiger partial charge in [0.1, 0.15) is 12.1 Å². The van der Waals surface area contributed by atoms with Gasteiger partial charge in [0.2, 0.25) is 11.8 Å². The van der Waals surface area contributed by atoms with Gasteiger partial charge in [0, 0.05) is 48.5 Å². The standard InChI is InChI=1S/C27H28N4O6/c1-14(32)28-22(26(34)35)12-18-16-8-4-6-10-20(16)30-24(18)25-19(17-9-5-7-11-21(17)31-25)13-23(27(36)37-3)29-15(2)33/h4-11,22-23,30-31H,12-13H2,1-3H3,(H,28,32)(H,29,33)(H,34,35)/t22-,23-/m0/s1. The zero-order chi connectivity index (χ0) is 26.7. The molecule has 0 unspecified atom stereocenters. The zero-order valence-electron chi connectivity index (χ0n) is 20.7. The quantitative estimate of drug-likeness (QED) is 0.221. The van der Waals surface area contributed by atoms with Crippen molar-refractivity contribution in [3.8, 4) is 11.4 Å². The van der Waals surface area contributed by atoms with E-state index in [2.05, 4.69) is 20.6 Å². The van der Waals surface area contributed by atoms with E-state index in [1.807, 2.05) is 48.5 Å². The Morgan fingerprint density at radius 2 is 1.22 bits per heavy atom. The Balaban J connectivity index is 1.92. The van der Waals surface area contributed by atoms with E-state index >= 15 is 0 Å². The summed E-state index contributed by atoms with van der Waals surface area (Å²) in [7, 11) is 1.26. The number of carboxylic acid groups (broad SMARTS) is 1. The molecule has 2 amide bonds. The van der Waals surface area contributed by atoms with Gasteiger partial charge in [0.05, 0.1) is 18.5 Å². The molecule has 192 valence electrons. The molecule has 4 rings (SSSR count). The molecule has 0 fully saturated rings. The van der Waals surface area contributed by atoms with Crippen LogP contribution >= 0.6 is 0 Å². The number of hydrogen-bond acceptors (Lipinski definition) is 5. The van der Waals surface area contributed by atoms with Gasteiger partial charge in [-0.15, -0.1) is 0 Å². The van der Waals surface area contributed by atoms with E-state index in [9.17, 15) is 24.3 Å². The molecule has 5 N–H and O–H groups in total. The Morgan fingerprint density at radius 1 is 0.784 bits per heavy atom. The van der Waals surface area contributed by atoms with Gasteiger partial charge in [-0.2, -0.15) is 0 Å². The van der Waals surface area contributed by atoms with E-state index in [1.165, 1.54) is 21.0 Å². The number of hydrogen-bond donors (Lipinski definition) is 5. The molecule has 2 atom stereocenters. The summed E-state index contributed by atoms with van der Waals surface area (Å²) in [6, 6.07) is 13.0. The molecule has 0 saturated carbocycles. The minimum Gasteiger partial charge on any atom is -0.480 e. The minimum atomic E-state index is -1.15. The van der Waals surface area contributed by atoms with Crippen molar-refractivity contribution in [2.24, 2.45) is 0 Å². The first-order valence-corrected chi connectivity index (χ1v) is 11.7. The number of carboxylic acids is 1. The van der Waals surface area contributed by atoms with Crippen LogP contribution in [-0.2, 0) is 36.8 Å². The summed E-state index contributed by atoms with van der Waals surface area (Å²) in [6.07, 6.45) is 0.156. The van der Waals surface area contributed by atoms with Crippen LogP contribution in [0, 0.1) is 0 Å². The predicted molar refractivity (Wildman–Crippen MR) is 138 cm³/mol. The fourth-order valence-electron chi connectivity index (χ4n) is 4.69. The Hall–Kier alpha value is -4.60. The lowest BCUT2D eigenvalue weighted by Crippen LogP contribution is -2.42. The van der Waals surface area contributed by atoms with Crippen LogP contribution in [0.4, 0.5) is 0 Å². The molecule has 10 nitrogen and oxygen atoms in total. The van der Waals surface area contributed by atoms with Gasteiger partial charge in [0.15, 0.2) is 0 Å². The highest BCUT2D eigenvalue weighted by atomic mass is 16.5. The summed E-state index contributed by atoms with van der Waals surface area (Å²) in [5.74, 6) is -2.56. The van der Waals surface area contributed by atoms with Gasteiger partial charge < -0.3 is 30.4 Å². The average Bonchev–Trinajstić information content (AvgIpc) is 3.40. The second-order valence-corrected chi connectivity index (χ2v) is 8.82. The second kappa shape index (κ2) is 10.6. The second-order valence-electron chi connectivity index (χ2n) is 8.82. The summed E-state index contributed by atoms with van der Waals surface area (Å²) < 4.78 is 4.93. The number of H-pyrrole nitrogens is 2. The van der Waals surface area contributed by atoms with Crippen molar-refractivity contribution < 1.29 is 29.0 Å². The molecule has 0 aliphatic rings.